The van der Waals surface area contributed by atoms with E-state index in [9.17, 15) is 27.5 Å². The quantitative estimate of drug-likeness (QED) is 0.538. The lowest BCUT2D eigenvalue weighted by Crippen LogP contribution is -2.46. The van der Waals surface area contributed by atoms with Gasteiger partial charge in [0.05, 0.1) is 4.90 Å². The molecule has 2 N–H and O–H groups in total. The van der Waals surface area contributed by atoms with Crippen molar-refractivity contribution in [3.63, 3.8) is 0 Å². The Morgan fingerprint density at radius 2 is 1.72 bits per heavy atom. The van der Waals surface area contributed by atoms with Gasteiger partial charge in [0.25, 0.3) is 0 Å². The SMILES string of the molecule is CCCCC(=O)C(NS(=O)(=O)c1ccc(OCc2ccc(F)cc2)cc1)C(=O)O. The molecular formula is C20H22FNO6S. The smallest absolute Gasteiger partial charge is 0.329 e. The molecule has 29 heavy (non-hydrogen) atoms. The summed E-state index contributed by atoms with van der Waals surface area (Å²) >= 11 is 0. The molecule has 0 saturated heterocycles. The summed E-state index contributed by atoms with van der Waals surface area (Å²) in [5, 5.41) is 9.20. The number of hydrogen-bond acceptors (Lipinski definition) is 5. The van der Waals surface area contributed by atoms with Gasteiger partial charge < -0.3 is 9.84 Å². The number of carbonyl (C=O) groups is 2. The van der Waals surface area contributed by atoms with Crippen LogP contribution in [0, 0.1) is 5.82 Å². The van der Waals surface area contributed by atoms with Gasteiger partial charge in [-0.05, 0) is 48.4 Å². The molecule has 0 aliphatic carbocycles. The fourth-order valence-corrected chi connectivity index (χ4v) is 3.61. The fraction of sp³-hybridized carbons (Fsp3) is 0.300. The number of halogens is 1. The summed E-state index contributed by atoms with van der Waals surface area (Å²) in [6.45, 7) is 2.00. The Hall–Kier alpha value is -2.78. The third-order valence-corrected chi connectivity index (χ3v) is 5.51. The summed E-state index contributed by atoms with van der Waals surface area (Å²) < 4.78 is 45.2. The maximum Gasteiger partial charge on any atom is 0.329 e. The molecule has 2 aromatic rings. The van der Waals surface area contributed by atoms with Gasteiger partial charge in [-0.2, -0.15) is 4.72 Å². The highest BCUT2D eigenvalue weighted by Gasteiger charge is 2.31. The molecule has 0 spiro atoms. The number of unbranched alkanes of at least 4 members (excludes halogenated alkanes) is 1. The first-order valence-electron chi connectivity index (χ1n) is 8.98. The molecule has 0 heterocycles. The first-order chi connectivity index (χ1) is 13.7. The molecule has 2 rings (SSSR count). The minimum absolute atomic E-state index is 0.0217. The van der Waals surface area contributed by atoms with Crippen molar-refractivity contribution in [3.8, 4) is 5.75 Å². The van der Waals surface area contributed by atoms with E-state index in [1.807, 2.05) is 11.6 Å². The standard InChI is InChI=1S/C20H22FNO6S/c1-2-3-4-18(23)19(20(24)25)22-29(26,27)17-11-9-16(10-12-17)28-13-14-5-7-15(21)8-6-14/h5-12,19,22H,2-4,13H2,1H3,(H,24,25). The van der Waals surface area contributed by atoms with E-state index in [2.05, 4.69) is 0 Å². The van der Waals surface area contributed by atoms with Crippen LogP contribution in [0.5, 0.6) is 5.75 Å². The summed E-state index contributed by atoms with van der Waals surface area (Å²) in [4.78, 5) is 23.1. The highest BCUT2D eigenvalue weighted by atomic mass is 32.2. The Labute approximate surface area is 168 Å². The average molecular weight is 423 g/mol. The third-order valence-electron chi connectivity index (χ3n) is 4.07. The van der Waals surface area contributed by atoms with Crippen LogP contribution in [0.4, 0.5) is 4.39 Å². The van der Waals surface area contributed by atoms with Gasteiger partial charge in [-0.25, -0.2) is 12.8 Å². The second-order valence-corrected chi connectivity index (χ2v) is 8.06. The van der Waals surface area contributed by atoms with Crippen LogP contribution in [0.25, 0.3) is 0 Å². The third kappa shape index (κ3) is 6.65. The second kappa shape index (κ2) is 10.1. The molecule has 0 radical (unpaired) electrons. The number of carboxylic acids is 1. The van der Waals surface area contributed by atoms with Crippen molar-refractivity contribution in [1.29, 1.82) is 0 Å². The highest BCUT2D eigenvalue weighted by molar-refractivity contribution is 7.89. The number of benzene rings is 2. The number of ether oxygens (including phenoxy) is 1. The predicted octanol–water partition coefficient (Wildman–Crippen LogP) is 2.90. The molecule has 0 fully saturated rings. The summed E-state index contributed by atoms with van der Waals surface area (Å²) in [5.41, 5.74) is 0.736. The molecule has 2 aromatic carbocycles. The van der Waals surface area contributed by atoms with Crippen molar-refractivity contribution in [3.05, 3.63) is 59.9 Å². The molecule has 0 bridgehead atoms. The Morgan fingerprint density at radius 3 is 2.28 bits per heavy atom. The number of sulfonamides is 1. The number of carboxylic acid groups (broad SMARTS) is 1. The fourth-order valence-electron chi connectivity index (χ4n) is 2.43. The average Bonchev–Trinajstić information content (AvgIpc) is 2.70. The lowest BCUT2D eigenvalue weighted by Gasteiger charge is -2.14. The van der Waals surface area contributed by atoms with E-state index in [-0.39, 0.29) is 23.7 Å². The normalized spacial score (nSPS) is 12.3. The van der Waals surface area contributed by atoms with Crippen LogP contribution in [0.1, 0.15) is 31.7 Å². The summed E-state index contributed by atoms with van der Waals surface area (Å²) in [5.74, 6) is -2.22. The number of ketones is 1. The summed E-state index contributed by atoms with van der Waals surface area (Å²) in [6, 6.07) is 9.23. The van der Waals surface area contributed by atoms with Gasteiger partial charge in [-0.3, -0.25) is 9.59 Å². The lowest BCUT2D eigenvalue weighted by molar-refractivity contribution is -0.142. The molecule has 0 aliphatic heterocycles. The van der Waals surface area contributed by atoms with E-state index in [4.69, 9.17) is 4.74 Å². The topological polar surface area (TPSA) is 110 Å². The van der Waals surface area contributed by atoms with Crippen LogP contribution in [-0.4, -0.2) is 31.3 Å². The largest absolute Gasteiger partial charge is 0.489 e. The van der Waals surface area contributed by atoms with E-state index in [1.54, 1.807) is 12.1 Å². The number of aliphatic carboxylic acids is 1. The molecular weight excluding hydrogens is 401 g/mol. The van der Waals surface area contributed by atoms with Crippen molar-refractivity contribution >= 4 is 21.8 Å². The Morgan fingerprint density at radius 1 is 1.10 bits per heavy atom. The van der Waals surface area contributed by atoms with Gasteiger partial charge in [0.2, 0.25) is 10.0 Å². The van der Waals surface area contributed by atoms with Gasteiger partial charge in [0, 0.05) is 6.42 Å². The number of carbonyl (C=O) groups excluding carboxylic acids is 1. The summed E-state index contributed by atoms with van der Waals surface area (Å²) in [7, 11) is -4.21. The molecule has 156 valence electrons. The van der Waals surface area contributed by atoms with Gasteiger partial charge in [0.15, 0.2) is 11.8 Å². The van der Waals surface area contributed by atoms with E-state index in [1.165, 1.54) is 36.4 Å². The minimum Gasteiger partial charge on any atom is -0.489 e. The number of hydrogen-bond donors (Lipinski definition) is 2. The second-order valence-electron chi connectivity index (χ2n) is 6.35. The first kappa shape index (κ1) is 22.5. The van der Waals surface area contributed by atoms with E-state index in [0.29, 0.717) is 18.6 Å². The van der Waals surface area contributed by atoms with Gasteiger partial charge in [-0.15, -0.1) is 0 Å². The number of nitrogens with one attached hydrogen (secondary N) is 1. The Bertz CT molecular complexity index is 942. The first-order valence-corrected chi connectivity index (χ1v) is 10.5. The van der Waals surface area contributed by atoms with E-state index < -0.39 is 27.8 Å². The van der Waals surface area contributed by atoms with Crippen LogP contribution < -0.4 is 9.46 Å². The van der Waals surface area contributed by atoms with Crippen molar-refractivity contribution < 1.29 is 32.2 Å². The van der Waals surface area contributed by atoms with Gasteiger partial charge >= 0.3 is 5.97 Å². The molecule has 0 amide bonds. The molecule has 0 saturated carbocycles. The zero-order chi connectivity index (χ0) is 21.4. The number of rotatable bonds is 11. The molecule has 1 unspecified atom stereocenters. The maximum atomic E-state index is 12.9. The maximum absolute atomic E-state index is 12.9. The van der Waals surface area contributed by atoms with Crippen LogP contribution in [0.15, 0.2) is 53.4 Å². The van der Waals surface area contributed by atoms with Gasteiger partial charge in [0.1, 0.15) is 18.2 Å². The predicted molar refractivity (Wildman–Crippen MR) is 103 cm³/mol. The monoisotopic (exact) mass is 423 g/mol. The minimum atomic E-state index is -4.21. The molecule has 1 atom stereocenters. The van der Waals surface area contributed by atoms with Crippen molar-refractivity contribution in [2.45, 2.75) is 43.7 Å². The van der Waals surface area contributed by atoms with Crippen molar-refractivity contribution in [2.75, 3.05) is 0 Å². The zero-order valence-corrected chi connectivity index (χ0v) is 16.6. The molecule has 0 aliphatic rings. The highest BCUT2D eigenvalue weighted by Crippen LogP contribution is 2.18. The molecule has 7 nitrogen and oxygen atoms in total. The van der Waals surface area contributed by atoms with Crippen LogP contribution in [-0.2, 0) is 26.2 Å². The Kier molecular flexibility index (Phi) is 7.86. The molecule has 9 heteroatoms. The number of Topliss-reactive ketones (excluding diaryl/α,β-unsaturated/α-hetero) is 1. The zero-order valence-electron chi connectivity index (χ0n) is 15.8. The van der Waals surface area contributed by atoms with Gasteiger partial charge in [-0.1, -0.05) is 25.5 Å². The van der Waals surface area contributed by atoms with Crippen molar-refractivity contribution in [1.82, 2.24) is 4.72 Å². The van der Waals surface area contributed by atoms with E-state index in [0.717, 1.165) is 5.56 Å². The van der Waals surface area contributed by atoms with Crippen LogP contribution >= 0.6 is 0 Å². The van der Waals surface area contributed by atoms with E-state index >= 15 is 0 Å². The van der Waals surface area contributed by atoms with Crippen LogP contribution in [0.2, 0.25) is 0 Å². The molecule has 0 aromatic heterocycles. The van der Waals surface area contributed by atoms with Crippen LogP contribution in [0.3, 0.4) is 0 Å². The lowest BCUT2D eigenvalue weighted by atomic mass is 10.1. The summed E-state index contributed by atoms with van der Waals surface area (Å²) in [6.07, 6.45) is 1.14. The van der Waals surface area contributed by atoms with Crippen molar-refractivity contribution in [2.24, 2.45) is 0 Å². The Balaban J connectivity index is 2.05.